The number of nitrogens with one attached hydrogen (secondary N) is 2. The van der Waals surface area contributed by atoms with E-state index in [4.69, 9.17) is 9.47 Å². The number of hydrogen-bond acceptors (Lipinski definition) is 4. The number of ether oxygens (including phenoxy) is 2. The van der Waals surface area contributed by atoms with Crippen molar-refractivity contribution in [3.63, 3.8) is 0 Å². The number of carbonyl (C=O) groups excluding carboxylic acids is 2. The monoisotopic (exact) mass is 434 g/mol. The molecule has 32 heavy (non-hydrogen) atoms. The second-order valence-corrected chi connectivity index (χ2v) is 8.50. The molecule has 0 radical (unpaired) electrons. The summed E-state index contributed by atoms with van der Waals surface area (Å²) in [5.41, 5.74) is 2.68. The molecule has 2 aromatic carbocycles. The zero-order chi connectivity index (χ0) is 22.4. The molecule has 2 N–H and O–H groups in total. The van der Waals surface area contributed by atoms with Crippen molar-refractivity contribution >= 4 is 12.0 Å². The van der Waals surface area contributed by atoms with Crippen molar-refractivity contribution in [2.24, 2.45) is 0 Å². The maximum absolute atomic E-state index is 13.1. The largest absolute Gasteiger partial charge is 0.492 e. The Morgan fingerprint density at radius 3 is 2.62 bits per heavy atom. The van der Waals surface area contributed by atoms with Gasteiger partial charge in [-0.05, 0) is 42.9 Å². The Morgan fingerprint density at radius 2 is 1.88 bits per heavy atom. The summed E-state index contributed by atoms with van der Waals surface area (Å²) in [6, 6.07) is 16.0. The van der Waals surface area contributed by atoms with Gasteiger partial charge in [-0.15, -0.1) is 6.58 Å². The molecule has 0 unspecified atom stereocenters. The first kappa shape index (κ1) is 21.9. The zero-order valence-corrected chi connectivity index (χ0v) is 18.3. The zero-order valence-electron chi connectivity index (χ0n) is 18.3. The van der Waals surface area contributed by atoms with Crippen LogP contribution in [0.4, 0.5) is 4.79 Å². The van der Waals surface area contributed by atoms with Crippen LogP contribution in [-0.2, 0) is 16.6 Å². The highest BCUT2D eigenvalue weighted by Crippen LogP contribution is 2.40. The predicted molar refractivity (Wildman–Crippen MR) is 123 cm³/mol. The molecule has 0 spiro atoms. The van der Waals surface area contributed by atoms with Gasteiger partial charge in [0, 0.05) is 24.9 Å². The minimum absolute atomic E-state index is 0.110. The fourth-order valence-corrected chi connectivity index (χ4v) is 4.71. The molecule has 2 aromatic rings. The lowest BCUT2D eigenvalue weighted by Crippen LogP contribution is -2.45. The first-order valence-corrected chi connectivity index (χ1v) is 11.2. The topological polar surface area (TPSA) is 76.7 Å². The van der Waals surface area contributed by atoms with Crippen LogP contribution in [0.2, 0.25) is 0 Å². The van der Waals surface area contributed by atoms with Crippen LogP contribution in [0.1, 0.15) is 47.2 Å². The molecule has 0 aromatic heterocycles. The molecule has 6 heteroatoms. The van der Waals surface area contributed by atoms with Crippen molar-refractivity contribution in [3.8, 4) is 5.75 Å². The number of rotatable bonds is 7. The number of hydrogen-bond donors (Lipinski definition) is 2. The molecule has 6 nitrogen and oxygen atoms in total. The molecule has 0 atom stereocenters. The van der Waals surface area contributed by atoms with Crippen molar-refractivity contribution in [1.82, 2.24) is 10.6 Å². The van der Waals surface area contributed by atoms with Crippen molar-refractivity contribution in [2.45, 2.75) is 43.6 Å². The fourth-order valence-electron chi connectivity index (χ4n) is 4.71. The van der Waals surface area contributed by atoms with Gasteiger partial charge in [-0.2, -0.15) is 0 Å². The van der Waals surface area contributed by atoms with Gasteiger partial charge in [-0.3, -0.25) is 4.79 Å². The van der Waals surface area contributed by atoms with Gasteiger partial charge in [0.25, 0.3) is 5.91 Å². The Kier molecular flexibility index (Phi) is 6.78. The summed E-state index contributed by atoms with van der Waals surface area (Å²) in [6.45, 7) is 5.13. The number of fused-ring (bicyclic) bond motifs is 1. The number of benzene rings is 2. The summed E-state index contributed by atoms with van der Waals surface area (Å²) in [6.07, 6.45) is 5.06. The van der Waals surface area contributed by atoms with Crippen molar-refractivity contribution in [3.05, 3.63) is 77.9 Å². The van der Waals surface area contributed by atoms with Crippen LogP contribution in [0, 0.1) is 0 Å². The number of carbonyl (C=O) groups is 2. The molecule has 0 bridgehead atoms. The quantitative estimate of drug-likeness (QED) is 0.642. The van der Waals surface area contributed by atoms with Gasteiger partial charge < -0.3 is 20.1 Å². The van der Waals surface area contributed by atoms with E-state index in [0.29, 0.717) is 31.0 Å². The molecular weight excluding hydrogens is 404 g/mol. The average Bonchev–Trinajstić information content (AvgIpc) is 3.32. The third-order valence-electron chi connectivity index (χ3n) is 6.49. The van der Waals surface area contributed by atoms with E-state index in [2.05, 4.69) is 29.3 Å². The summed E-state index contributed by atoms with van der Waals surface area (Å²) in [5.74, 6) is 0.600. The summed E-state index contributed by atoms with van der Waals surface area (Å²) in [4.78, 5) is 25.0. The van der Waals surface area contributed by atoms with E-state index < -0.39 is 6.09 Å². The smallest absolute Gasteiger partial charge is 0.407 e. The minimum atomic E-state index is -0.409. The van der Waals surface area contributed by atoms with E-state index in [0.717, 1.165) is 37.7 Å². The van der Waals surface area contributed by atoms with E-state index in [1.165, 1.54) is 5.56 Å². The lowest BCUT2D eigenvalue weighted by Gasteiger charge is -2.40. The second kappa shape index (κ2) is 9.90. The molecule has 1 saturated carbocycles. The lowest BCUT2D eigenvalue weighted by molar-refractivity contribution is 0.0570. The van der Waals surface area contributed by atoms with Crippen molar-refractivity contribution in [2.75, 3.05) is 19.7 Å². The molecule has 2 amide bonds. The van der Waals surface area contributed by atoms with Crippen molar-refractivity contribution < 1.29 is 19.1 Å². The van der Waals surface area contributed by atoms with Gasteiger partial charge in [0.05, 0.1) is 12.2 Å². The first-order valence-electron chi connectivity index (χ1n) is 11.2. The molecule has 2 aliphatic rings. The van der Waals surface area contributed by atoms with E-state index in [-0.39, 0.29) is 17.4 Å². The Labute approximate surface area is 189 Å². The summed E-state index contributed by atoms with van der Waals surface area (Å²) in [7, 11) is 0. The summed E-state index contributed by atoms with van der Waals surface area (Å²) in [5, 5.41) is 5.83. The highest BCUT2D eigenvalue weighted by molar-refractivity contribution is 5.97. The second-order valence-electron chi connectivity index (χ2n) is 8.50. The molecule has 4 rings (SSSR count). The third-order valence-corrected chi connectivity index (χ3v) is 6.49. The van der Waals surface area contributed by atoms with Gasteiger partial charge in [0.2, 0.25) is 0 Å². The lowest BCUT2D eigenvalue weighted by atomic mass is 9.68. The summed E-state index contributed by atoms with van der Waals surface area (Å²) < 4.78 is 11.3. The Hall–Kier alpha value is -3.28. The third kappa shape index (κ3) is 4.79. The summed E-state index contributed by atoms with van der Waals surface area (Å²) >= 11 is 0. The maximum Gasteiger partial charge on any atom is 0.407 e. The Balaban J connectivity index is 1.44. The van der Waals surface area contributed by atoms with Crippen LogP contribution in [0.3, 0.4) is 0 Å². The van der Waals surface area contributed by atoms with Gasteiger partial charge >= 0.3 is 6.09 Å². The molecule has 1 heterocycles. The van der Waals surface area contributed by atoms with Crippen LogP contribution >= 0.6 is 0 Å². The van der Waals surface area contributed by atoms with Gasteiger partial charge in [-0.25, -0.2) is 4.79 Å². The highest BCUT2D eigenvalue weighted by Gasteiger charge is 2.38. The molecule has 168 valence electrons. The molecule has 1 fully saturated rings. The van der Waals surface area contributed by atoms with E-state index >= 15 is 0 Å². The maximum atomic E-state index is 13.1. The molecule has 1 aliphatic carbocycles. The average molecular weight is 435 g/mol. The van der Waals surface area contributed by atoms with Crippen LogP contribution in [0.15, 0.2) is 61.2 Å². The van der Waals surface area contributed by atoms with E-state index in [1.54, 1.807) is 6.08 Å². The van der Waals surface area contributed by atoms with Crippen LogP contribution < -0.4 is 15.4 Å². The number of para-hydroxylation sites is 1. The first-order chi connectivity index (χ1) is 15.6. The van der Waals surface area contributed by atoms with Gasteiger partial charge in [0.15, 0.2) is 0 Å². The van der Waals surface area contributed by atoms with Gasteiger partial charge in [0.1, 0.15) is 11.9 Å². The minimum Gasteiger partial charge on any atom is -0.492 e. The predicted octanol–water partition coefficient (Wildman–Crippen LogP) is 4.14. The SMILES string of the molecule is C=CCNC(=O)OC1CCC(CNC(=O)c2cccc3c2OCC3)(c2ccccc2)CC1. The van der Waals surface area contributed by atoms with Gasteiger partial charge in [-0.1, -0.05) is 48.5 Å². The Morgan fingerprint density at radius 1 is 1.09 bits per heavy atom. The standard InChI is InChI=1S/C26H30N2O4/c1-2-16-27-25(30)32-21-11-14-26(15-12-21,20-8-4-3-5-9-20)18-28-24(29)22-10-6-7-19-13-17-31-23(19)22/h2-10,21H,1,11-18H2,(H,27,30)(H,28,29). The number of alkyl carbamates (subject to hydrolysis) is 1. The van der Waals surface area contributed by atoms with Crippen LogP contribution in [0.5, 0.6) is 5.75 Å². The van der Waals surface area contributed by atoms with Crippen molar-refractivity contribution in [1.29, 1.82) is 0 Å². The van der Waals surface area contributed by atoms with Crippen LogP contribution in [-0.4, -0.2) is 37.8 Å². The molecule has 0 saturated heterocycles. The van der Waals surface area contributed by atoms with E-state index in [1.807, 2.05) is 36.4 Å². The normalized spacial score (nSPS) is 21.7. The molecule has 1 aliphatic heterocycles. The highest BCUT2D eigenvalue weighted by atomic mass is 16.6. The fraction of sp³-hybridized carbons (Fsp3) is 0.385. The van der Waals surface area contributed by atoms with Crippen LogP contribution in [0.25, 0.3) is 0 Å². The number of amides is 2. The molecular formula is C26H30N2O4. The Bertz CT molecular complexity index is 965. The van der Waals surface area contributed by atoms with E-state index in [9.17, 15) is 9.59 Å².